The molecule has 6 nitrogen and oxygen atoms in total. The second kappa shape index (κ2) is 2.99. The Bertz CT molecular complexity index is 451. The summed E-state index contributed by atoms with van der Waals surface area (Å²) >= 11 is 0. The second-order valence-corrected chi connectivity index (χ2v) is 2.99. The molecule has 0 saturated heterocycles. The van der Waals surface area contributed by atoms with E-state index in [1.807, 2.05) is 6.92 Å². The zero-order chi connectivity index (χ0) is 10.1. The number of nitrogens with zero attached hydrogens (tertiary/aromatic N) is 3. The van der Waals surface area contributed by atoms with Crippen LogP contribution in [0.1, 0.15) is 5.56 Å². The highest BCUT2D eigenvalue weighted by atomic mass is 16.3. The van der Waals surface area contributed by atoms with E-state index in [4.69, 9.17) is 5.73 Å². The molecule has 0 amide bonds. The Morgan fingerprint density at radius 1 is 1.43 bits per heavy atom. The molecule has 2 aromatic rings. The Morgan fingerprint density at radius 2 is 2.21 bits per heavy atom. The minimum atomic E-state index is -0.0167. The molecule has 1 aromatic heterocycles. The molecule has 1 aromatic carbocycles. The molecule has 2 rings (SSSR count). The number of phenolic OH excluding ortho intramolecular Hbond substituents is 1. The van der Waals surface area contributed by atoms with Crippen molar-refractivity contribution in [2.75, 3.05) is 5.73 Å². The summed E-state index contributed by atoms with van der Waals surface area (Å²) in [5.41, 5.74) is 7.31. The summed E-state index contributed by atoms with van der Waals surface area (Å²) in [4.78, 5) is 0. The average molecular weight is 191 g/mol. The monoisotopic (exact) mass is 191 g/mol. The molecule has 0 atom stereocenters. The maximum atomic E-state index is 9.65. The molecule has 0 radical (unpaired) electrons. The third kappa shape index (κ3) is 1.26. The summed E-state index contributed by atoms with van der Waals surface area (Å²) < 4.78 is 0. The van der Waals surface area contributed by atoms with Gasteiger partial charge in [0.1, 0.15) is 5.75 Å². The quantitative estimate of drug-likeness (QED) is 0.449. The fourth-order valence-electron chi connectivity index (χ4n) is 1.25. The molecule has 0 bridgehead atoms. The Labute approximate surface area is 79.8 Å². The highest BCUT2D eigenvalue weighted by Gasteiger charge is 2.11. The minimum absolute atomic E-state index is 0.0167. The van der Waals surface area contributed by atoms with E-state index in [0.717, 1.165) is 5.56 Å². The van der Waals surface area contributed by atoms with Crippen LogP contribution in [-0.4, -0.2) is 25.7 Å². The summed E-state index contributed by atoms with van der Waals surface area (Å²) in [7, 11) is 0. The first-order valence-corrected chi connectivity index (χ1v) is 4.01. The van der Waals surface area contributed by atoms with Gasteiger partial charge in [0, 0.05) is 0 Å². The van der Waals surface area contributed by atoms with Gasteiger partial charge in [-0.2, -0.15) is 5.21 Å². The molecule has 0 aliphatic carbocycles. The van der Waals surface area contributed by atoms with E-state index < -0.39 is 0 Å². The largest absolute Gasteiger partial charge is 0.505 e. The lowest BCUT2D eigenvalue weighted by Gasteiger charge is -2.04. The minimum Gasteiger partial charge on any atom is -0.505 e. The third-order valence-corrected chi connectivity index (χ3v) is 1.87. The molecule has 1 heterocycles. The van der Waals surface area contributed by atoms with Gasteiger partial charge in [-0.3, -0.25) is 0 Å². The van der Waals surface area contributed by atoms with Gasteiger partial charge in [0.2, 0.25) is 5.82 Å². The molecule has 14 heavy (non-hydrogen) atoms. The number of aromatic hydroxyl groups is 1. The van der Waals surface area contributed by atoms with Gasteiger partial charge in [-0.15, -0.1) is 10.2 Å². The average Bonchev–Trinajstić information content (AvgIpc) is 2.63. The fourth-order valence-corrected chi connectivity index (χ4v) is 1.25. The van der Waals surface area contributed by atoms with Crippen LogP contribution >= 0.6 is 0 Å². The number of aromatic nitrogens is 4. The molecular formula is C8H9N5O. The molecule has 0 aliphatic rings. The molecule has 72 valence electrons. The molecule has 0 fully saturated rings. The van der Waals surface area contributed by atoms with Crippen LogP contribution in [0.5, 0.6) is 5.75 Å². The lowest BCUT2D eigenvalue weighted by molar-refractivity contribution is 0.479. The van der Waals surface area contributed by atoms with E-state index in [1.165, 1.54) is 0 Å². The predicted octanol–water partition coefficient (Wildman–Crippen LogP) is 0.463. The van der Waals surface area contributed by atoms with Crippen molar-refractivity contribution in [1.29, 1.82) is 0 Å². The van der Waals surface area contributed by atoms with Gasteiger partial charge >= 0.3 is 0 Å². The van der Waals surface area contributed by atoms with Crippen LogP contribution in [-0.2, 0) is 0 Å². The third-order valence-electron chi connectivity index (χ3n) is 1.87. The summed E-state index contributed by atoms with van der Waals surface area (Å²) in [6.07, 6.45) is 0. The number of nitrogens with two attached hydrogens (primary N) is 1. The number of nitrogens with one attached hydrogen (secondary N) is 1. The number of aromatic amines is 1. The highest BCUT2D eigenvalue weighted by Crippen LogP contribution is 2.32. The normalized spacial score (nSPS) is 10.4. The number of anilines is 1. The van der Waals surface area contributed by atoms with Gasteiger partial charge < -0.3 is 10.8 Å². The first-order valence-electron chi connectivity index (χ1n) is 4.01. The zero-order valence-corrected chi connectivity index (χ0v) is 7.52. The smallest absolute Gasteiger partial charge is 0.208 e. The van der Waals surface area contributed by atoms with E-state index in [-0.39, 0.29) is 5.75 Å². The zero-order valence-electron chi connectivity index (χ0n) is 7.52. The maximum absolute atomic E-state index is 9.65. The summed E-state index contributed by atoms with van der Waals surface area (Å²) in [5.74, 6) is 0.315. The number of benzene rings is 1. The van der Waals surface area contributed by atoms with Crippen LogP contribution < -0.4 is 5.73 Å². The first-order chi connectivity index (χ1) is 6.68. The van der Waals surface area contributed by atoms with Crippen LogP contribution in [0.2, 0.25) is 0 Å². The number of hydrogen-bond acceptors (Lipinski definition) is 5. The summed E-state index contributed by atoms with van der Waals surface area (Å²) in [5, 5.41) is 22.9. The van der Waals surface area contributed by atoms with E-state index in [1.54, 1.807) is 12.1 Å². The maximum Gasteiger partial charge on any atom is 0.208 e. The Hall–Kier alpha value is -2.11. The van der Waals surface area contributed by atoms with E-state index >= 15 is 0 Å². The number of hydrogen-bond donors (Lipinski definition) is 3. The second-order valence-electron chi connectivity index (χ2n) is 2.99. The molecule has 4 N–H and O–H groups in total. The van der Waals surface area contributed by atoms with E-state index in [0.29, 0.717) is 17.1 Å². The Balaban J connectivity index is 2.64. The number of aryl methyl sites for hydroxylation is 1. The van der Waals surface area contributed by atoms with Gasteiger partial charge in [-0.05, 0) is 29.8 Å². The standard InChI is InChI=1S/C8H9N5O/c1-4-2-5(7(14)6(9)3-4)8-10-12-13-11-8/h2-3,14H,9H2,1H3,(H,10,11,12,13). The van der Waals surface area contributed by atoms with Crippen LogP contribution in [0.3, 0.4) is 0 Å². The van der Waals surface area contributed by atoms with Crippen molar-refractivity contribution in [2.45, 2.75) is 6.92 Å². The van der Waals surface area contributed by atoms with Gasteiger partial charge in [0.25, 0.3) is 0 Å². The molecule has 0 spiro atoms. The first kappa shape index (κ1) is 8.49. The lowest BCUT2D eigenvalue weighted by atomic mass is 10.1. The molecule has 0 saturated carbocycles. The summed E-state index contributed by atoms with van der Waals surface area (Å²) in [6, 6.07) is 3.43. The Kier molecular flexibility index (Phi) is 1.81. The van der Waals surface area contributed by atoms with Gasteiger partial charge in [-0.25, -0.2) is 0 Å². The van der Waals surface area contributed by atoms with E-state index in [2.05, 4.69) is 20.6 Å². The predicted molar refractivity (Wildman–Crippen MR) is 50.4 cm³/mol. The van der Waals surface area contributed by atoms with Crippen LogP contribution in [0, 0.1) is 6.92 Å². The number of nitrogen functional groups attached to an aromatic ring is 1. The van der Waals surface area contributed by atoms with Crippen molar-refractivity contribution in [3.05, 3.63) is 17.7 Å². The van der Waals surface area contributed by atoms with Gasteiger partial charge in [0.15, 0.2) is 0 Å². The number of rotatable bonds is 1. The topological polar surface area (TPSA) is 101 Å². The van der Waals surface area contributed by atoms with Crippen molar-refractivity contribution in [1.82, 2.24) is 20.6 Å². The molecule has 0 unspecified atom stereocenters. The SMILES string of the molecule is Cc1cc(N)c(O)c(-c2nn[nH]n2)c1. The number of phenols is 1. The van der Waals surface area contributed by atoms with Crippen molar-refractivity contribution in [3.63, 3.8) is 0 Å². The molecule has 0 aliphatic heterocycles. The van der Waals surface area contributed by atoms with Crippen molar-refractivity contribution in [3.8, 4) is 17.1 Å². The van der Waals surface area contributed by atoms with Crippen LogP contribution in [0.4, 0.5) is 5.69 Å². The number of tetrazole rings is 1. The van der Waals surface area contributed by atoms with Gasteiger partial charge in [-0.1, -0.05) is 0 Å². The molecule has 6 heteroatoms. The van der Waals surface area contributed by atoms with Crippen LogP contribution in [0.25, 0.3) is 11.4 Å². The van der Waals surface area contributed by atoms with Crippen molar-refractivity contribution < 1.29 is 5.11 Å². The highest BCUT2D eigenvalue weighted by molar-refractivity contribution is 5.73. The van der Waals surface area contributed by atoms with Gasteiger partial charge in [0.05, 0.1) is 11.3 Å². The Morgan fingerprint density at radius 3 is 2.86 bits per heavy atom. The van der Waals surface area contributed by atoms with E-state index in [9.17, 15) is 5.11 Å². The lowest BCUT2D eigenvalue weighted by Crippen LogP contribution is -1.91. The van der Waals surface area contributed by atoms with Crippen molar-refractivity contribution >= 4 is 5.69 Å². The number of H-pyrrole nitrogens is 1. The van der Waals surface area contributed by atoms with Crippen molar-refractivity contribution in [2.24, 2.45) is 0 Å². The fraction of sp³-hybridized carbons (Fsp3) is 0.125. The molecular weight excluding hydrogens is 182 g/mol. The summed E-state index contributed by atoms with van der Waals surface area (Å²) in [6.45, 7) is 1.87. The van der Waals surface area contributed by atoms with Crippen LogP contribution in [0.15, 0.2) is 12.1 Å².